The lowest BCUT2D eigenvalue weighted by Crippen LogP contribution is -2.25. The molecule has 1 aromatic carbocycles. The number of halogens is 2. The Bertz CT molecular complexity index is 374. The molecule has 17 heavy (non-hydrogen) atoms. The summed E-state index contributed by atoms with van der Waals surface area (Å²) >= 11 is 5.92. The van der Waals surface area contributed by atoms with E-state index in [1.54, 1.807) is 6.07 Å². The number of hydrogen-bond acceptors (Lipinski definition) is 1. The molecule has 0 bridgehead atoms. The zero-order valence-corrected chi connectivity index (χ0v) is 10.7. The Kier molecular flexibility index (Phi) is 4.41. The fraction of sp³-hybridized carbons (Fsp3) is 0.571. The summed E-state index contributed by atoms with van der Waals surface area (Å²) in [5.41, 5.74) is 6.95. The molecule has 3 heteroatoms. The van der Waals surface area contributed by atoms with Gasteiger partial charge in [0.1, 0.15) is 5.82 Å². The molecule has 1 aliphatic carbocycles. The fourth-order valence-electron chi connectivity index (χ4n) is 2.75. The zero-order chi connectivity index (χ0) is 12.3. The van der Waals surface area contributed by atoms with Crippen LogP contribution < -0.4 is 5.73 Å². The van der Waals surface area contributed by atoms with Gasteiger partial charge in [-0.05, 0) is 30.4 Å². The van der Waals surface area contributed by atoms with Crippen LogP contribution in [0.5, 0.6) is 0 Å². The summed E-state index contributed by atoms with van der Waals surface area (Å²) in [4.78, 5) is 0. The molecule has 2 rings (SSSR count). The van der Waals surface area contributed by atoms with E-state index in [0.29, 0.717) is 6.42 Å². The Morgan fingerprint density at radius 1 is 1.35 bits per heavy atom. The summed E-state index contributed by atoms with van der Waals surface area (Å²) < 4.78 is 13.3. The quantitative estimate of drug-likeness (QED) is 0.867. The van der Waals surface area contributed by atoms with Gasteiger partial charge in [-0.2, -0.15) is 0 Å². The van der Waals surface area contributed by atoms with Crippen molar-refractivity contribution in [3.63, 3.8) is 0 Å². The van der Waals surface area contributed by atoms with E-state index in [1.165, 1.54) is 31.7 Å². The summed E-state index contributed by atoms with van der Waals surface area (Å²) in [5, 5.41) is 0.231. The molecule has 1 fully saturated rings. The summed E-state index contributed by atoms with van der Waals surface area (Å²) in [6.45, 7) is 0. The van der Waals surface area contributed by atoms with Crippen molar-refractivity contribution in [2.24, 2.45) is 11.7 Å². The van der Waals surface area contributed by atoms with Gasteiger partial charge in [0.2, 0.25) is 0 Å². The molecule has 1 aromatic rings. The topological polar surface area (TPSA) is 26.0 Å². The van der Waals surface area contributed by atoms with Crippen molar-refractivity contribution in [2.45, 2.75) is 44.6 Å². The molecule has 0 heterocycles. The van der Waals surface area contributed by atoms with Gasteiger partial charge in [0.25, 0.3) is 0 Å². The van der Waals surface area contributed by atoms with E-state index in [2.05, 4.69) is 0 Å². The average Bonchev–Trinajstić information content (AvgIpc) is 2.77. The molecule has 1 aliphatic rings. The first kappa shape index (κ1) is 12.8. The SMILES string of the molecule is NC(Cc1cccc(F)c1Cl)CC1CCCC1. The fourth-order valence-corrected chi connectivity index (χ4v) is 2.95. The molecular weight excluding hydrogens is 237 g/mol. The first-order valence-electron chi connectivity index (χ1n) is 6.35. The van der Waals surface area contributed by atoms with Crippen LogP contribution in [-0.4, -0.2) is 6.04 Å². The highest BCUT2D eigenvalue weighted by Gasteiger charge is 2.19. The van der Waals surface area contributed by atoms with Crippen LogP contribution in [0.4, 0.5) is 4.39 Å². The lowest BCUT2D eigenvalue weighted by atomic mass is 9.94. The summed E-state index contributed by atoms with van der Waals surface area (Å²) in [7, 11) is 0. The number of rotatable bonds is 4. The smallest absolute Gasteiger partial charge is 0.142 e. The van der Waals surface area contributed by atoms with Crippen LogP contribution in [-0.2, 0) is 6.42 Å². The maximum Gasteiger partial charge on any atom is 0.142 e. The molecule has 2 N–H and O–H groups in total. The maximum atomic E-state index is 13.3. The standard InChI is InChI=1S/C14H19ClFN/c15-14-11(6-3-7-13(14)16)9-12(17)8-10-4-1-2-5-10/h3,6-7,10,12H,1-2,4-5,8-9,17H2. The van der Waals surface area contributed by atoms with Crippen LogP contribution in [0.1, 0.15) is 37.7 Å². The van der Waals surface area contributed by atoms with Crippen LogP contribution in [0.15, 0.2) is 18.2 Å². The van der Waals surface area contributed by atoms with Gasteiger partial charge < -0.3 is 5.73 Å². The maximum absolute atomic E-state index is 13.3. The van der Waals surface area contributed by atoms with E-state index in [9.17, 15) is 4.39 Å². The molecule has 94 valence electrons. The second-order valence-electron chi connectivity index (χ2n) is 5.06. The van der Waals surface area contributed by atoms with Crippen molar-refractivity contribution in [1.82, 2.24) is 0 Å². The third kappa shape index (κ3) is 3.43. The van der Waals surface area contributed by atoms with E-state index in [0.717, 1.165) is 17.9 Å². The minimum Gasteiger partial charge on any atom is -0.327 e. The van der Waals surface area contributed by atoms with Crippen molar-refractivity contribution in [3.05, 3.63) is 34.6 Å². The van der Waals surface area contributed by atoms with Gasteiger partial charge >= 0.3 is 0 Å². The zero-order valence-electron chi connectivity index (χ0n) is 9.96. The van der Waals surface area contributed by atoms with Gasteiger partial charge in [0, 0.05) is 6.04 Å². The number of nitrogens with two attached hydrogens (primary N) is 1. The second-order valence-corrected chi connectivity index (χ2v) is 5.44. The van der Waals surface area contributed by atoms with E-state index in [1.807, 2.05) is 6.07 Å². The van der Waals surface area contributed by atoms with Crippen molar-refractivity contribution in [2.75, 3.05) is 0 Å². The highest BCUT2D eigenvalue weighted by molar-refractivity contribution is 6.31. The van der Waals surface area contributed by atoms with Crippen LogP contribution in [0.25, 0.3) is 0 Å². The van der Waals surface area contributed by atoms with Gasteiger partial charge in [-0.25, -0.2) is 4.39 Å². The van der Waals surface area contributed by atoms with Gasteiger partial charge in [-0.15, -0.1) is 0 Å². The summed E-state index contributed by atoms with van der Waals surface area (Å²) in [6, 6.07) is 5.03. The Morgan fingerprint density at radius 2 is 2.06 bits per heavy atom. The van der Waals surface area contributed by atoms with Crippen molar-refractivity contribution >= 4 is 11.6 Å². The molecule has 0 saturated heterocycles. The Balaban J connectivity index is 1.93. The molecule has 0 amide bonds. The predicted molar refractivity (Wildman–Crippen MR) is 69.7 cm³/mol. The second kappa shape index (κ2) is 5.83. The molecule has 1 nitrogen and oxygen atoms in total. The molecular formula is C14H19ClFN. The third-order valence-electron chi connectivity index (χ3n) is 3.62. The van der Waals surface area contributed by atoms with Crippen molar-refractivity contribution < 1.29 is 4.39 Å². The van der Waals surface area contributed by atoms with E-state index >= 15 is 0 Å². The molecule has 0 radical (unpaired) electrons. The van der Waals surface area contributed by atoms with E-state index < -0.39 is 0 Å². The minimum atomic E-state index is -0.350. The van der Waals surface area contributed by atoms with Crippen LogP contribution in [0.3, 0.4) is 0 Å². The Morgan fingerprint density at radius 3 is 2.76 bits per heavy atom. The summed E-state index contributed by atoms with van der Waals surface area (Å²) in [6.07, 6.45) is 6.96. The van der Waals surface area contributed by atoms with Gasteiger partial charge in [-0.1, -0.05) is 49.4 Å². The van der Waals surface area contributed by atoms with Crippen molar-refractivity contribution in [3.8, 4) is 0 Å². The first-order valence-corrected chi connectivity index (χ1v) is 6.73. The predicted octanol–water partition coefficient (Wildman–Crippen LogP) is 3.93. The molecule has 0 spiro atoms. The van der Waals surface area contributed by atoms with Crippen LogP contribution >= 0.6 is 11.6 Å². The normalized spacial score (nSPS) is 18.5. The highest BCUT2D eigenvalue weighted by Crippen LogP contribution is 2.29. The Labute approximate surface area is 107 Å². The van der Waals surface area contributed by atoms with Crippen LogP contribution in [0.2, 0.25) is 5.02 Å². The molecule has 0 aromatic heterocycles. The van der Waals surface area contributed by atoms with Gasteiger partial charge in [-0.3, -0.25) is 0 Å². The van der Waals surface area contributed by atoms with Crippen molar-refractivity contribution in [1.29, 1.82) is 0 Å². The minimum absolute atomic E-state index is 0.0948. The van der Waals surface area contributed by atoms with Gasteiger partial charge in [0.05, 0.1) is 5.02 Å². The Hall–Kier alpha value is -0.600. The lowest BCUT2D eigenvalue weighted by molar-refractivity contribution is 0.440. The molecule has 1 saturated carbocycles. The monoisotopic (exact) mass is 255 g/mol. The first-order chi connectivity index (χ1) is 8.16. The highest BCUT2D eigenvalue weighted by atomic mass is 35.5. The molecule has 1 unspecified atom stereocenters. The van der Waals surface area contributed by atoms with Gasteiger partial charge in [0.15, 0.2) is 0 Å². The molecule has 1 atom stereocenters. The van der Waals surface area contributed by atoms with Crippen LogP contribution in [0, 0.1) is 11.7 Å². The number of hydrogen-bond donors (Lipinski definition) is 1. The lowest BCUT2D eigenvalue weighted by Gasteiger charge is -2.17. The summed E-state index contributed by atoms with van der Waals surface area (Å²) in [5.74, 6) is 0.412. The average molecular weight is 256 g/mol. The molecule has 0 aliphatic heterocycles. The number of benzene rings is 1. The third-order valence-corrected chi connectivity index (χ3v) is 4.05. The largest absolute Gasteiger partial charge is 0.327 e. The van der Waals surface area contributed by atoms with E-state index in [4.69, 9.17) is 17.3 Å². The van der Waals surface area contributed by atoms with E-state index in [-0.39, 0.29) is 16.9 Å².